The van der Waals surface area contributed by atoms with Crippen molar-refractivity contribution in [3.8, 4) is 0 Å². The molecule has 4 nitrogen and oxygen atoms in total. The Morgan fingerprint density at radius 1 is 1.21 bits per heavy atom. The molecule has 0 radical (unpaired) electrons. The van der Waals surface area contributed by atoms with Crippen molar-refractivity contribution in [1.82, 2.24) is 4.90 Å². The summed E-state index contributed by atoms with van der Waals surface area (Å²) in [4.78, 5) is 17.2. The fourth-order valence-electron chi connectivity index (χ4n) is 3.41. The minimum atomic E-state index is -0.949. The molecule has 28 heavy (non-hydrogen) atoms. The van der Waals surface area contributed by atoms with Gasteiger partial charge in [-0.3, -0.25) is 4.99 Å². The lowest BCUT2D eigenvalue weighted by Crippen LogP contribution is -2.33. The Labute approximate surface area is 176 Å². The number of carbonyl (C=O) groups is 1. The second-order valence-electron chi connectivity index (χ2n) is 6.82. The summed E-state index contributed by atoms with van der Waals surface area (Å²) in [6.07, 6.45) is 11.6. The number of halogens is 2. The maximum atomic E-state index is 10.8. The lowest BCUT2D eigenvalue weighted by Gasteiger charge is -2.32. The minimum absolute atomic E-state index is 0.497. The summed E-state index contributed by atoms with van der Waals surface area (Å²) in [5.41, 5.74) is 2.17. The van der Waals surface area contributed by atoms with Crippen molar-refractivity contribution in [2.45, 2.75) is 31.6 Å². The Morgan fingerprint density at radius 3 is 2.50 bits per heavy atom. The van der Waals surface area contributed by atoms with Gasteiger partial charge in [-0.1, -0.05) is 35.9 Å². The third-order valence-corrected chi connectivity index (χ3v) is 5.24. The average Bonchev–Trinajstić information content (AvgIpc) is 2.65. The van der Waals surface area contributed by atoms with Crippen LogP contribution in [-0.4, -0.2) is 41.8 Å². The third kappa shape index (κ3) is 8.01. The molecule has 1 aliphatic heterocycles. The van der Waals surface area contributed by atoms with Crippen LogP contribution in [0.25, 0.3) is 0 Å². The van der Waals surface area contributed by atoms with Crippen LogP contribution in [-0.2, 0) is 4.79 Å². The molecule has 1 N–H and O–H groups in total. The molecule has 0 atom stereocenters. The average molecular weight is 421 g/mol. The minimum Gasteiger partial charge on any atom is -0.478 e. The van der Waals surface area contributed by atoms with Crippen LogP contribution >= 0.6 is 23.2 Å². The monoisotopic (exact) mass is 420 g/mol. The van der Waals surface area contributed by atoms with E-state index in [0.717, 1.165) is 57.0 Å². The van der Waals surface area contributed by atoms with Gasteiger partial charge in [0, 0.05) is 28.5 Å². The van der Waals surface area contributed by atoms with Crippen molar-refractivity contribution in [2.24, 2.45) is 4.99 Å². The number of allylic oxidation sites excluding steroid dienone is 3. The largest absolute Gasteiger partial charge is 0.478 e. The summed E-state index contributed by atoms with van der Waals surface area (Å²) in [5, 5.41) is 10.2. The van der Waals surface area contributed by atoms with E-state index in [4.69, 9.17) is 28.3 Å². The van der Waals surface area contributed by atoms with Crippen LogP contribution in [0.2, 0.25) is 10.0 Å². The molecule has 0 aliphatic carbocycles. The molecule has 0 spiro atoms. The first-order valence-electron chi connectivity index (χ1n) is 9.40. The highest BCUT2D eigenvalue weighted by Crippen LogP contribution is 2.32. The van der Waals surface area contributed by atoms with Crippen LogP contribution in [0.4, 0.5) is 0 Å². The summed E-state index contributed by atoms with van der Waals surface area (Å²) >= 11 is 12.3. The molecule has 1 heterocycles. The number of likely N-dealkylation sites (tertiary alicyclic amines) is 1. The molecule has 6 heteroatoms. The number of rotatable bonds is 9. The Balaban J connectivity index is 1.81. The predicted molar refractivity (Wildman–Crippen MR) is 118 cm³/mol. The van der Waals surface area contributed by atoms with E-state index in [2.05, 4.69) is 16.5 Å². The Hall–Kier alpha value is -1.88. The van der Waals surface area contributed by atoms with E-state index in [1.807, 2.05) is 18.2 Å². The molecule has 0 bridgehead atoms. The van der Waals surface area contributed by atoms with Crippen molar-refractivity contribution in [3.05, 3.63) is 70.4 Å². The van der Waals surface area contributed by atoms with Crippen molar-refractivity contribution in [2.75, 3.05) is 19.6 Å². The molecule has 2 rings (SSSR count). The van der Waals surface area contributed by atoms with Gasteiger partial charge in [-0.15, -0.1) is 0 Å². The van der Waals surface area contributed by atoms with Gasteiger partial charge in [0.2, 0.25) is 0 Å². The van der Waals surface area contributed by atoms with Gasteiger partial charge < -0.3 is 10.0 Å². The number of carboxylic acids is 1. The third-order valence-electron chi connectivity index (χ3n) is 4.80. The van der Waals surface area contributed by atoms with Gasteiger partial charge in [0.15, 0.2) is 0 Å². The fourth-order valence-corrected chi connectivity index (χ4v) is 3.95. The van der Waals surface area contributed by atoms with Gasteiger partial charge in [0.1, 0.15) is 0 Å². The molecular formula is C22H26Cl2N2O2. The van der Waals surface area contributed by atoms with Gasteiger partial charge in [-0.05, 0) is 86.6 Å². The first kappa shape index (κ1) is 22.4. The number of nitrogens with zero attached hydrogens (tertiary/aromatic N) is 2. The van der Waals surface area contributed by atoms with E-state index in [9.17, 15) is 4.79 Å². The van der Waals surface area contributed by atoms with Gasteiger partial charge in [-0.2, -0.15) is 0 Å². The van der Waals surface area contributed by atoms with Crippen LogP contribution < -0.4 is 0 Å². The summed E-state index contributed by atoms with van der Waals surface area (Å²) in [7, 11) is 0. The number of aliphatic carboxylic acids is 1. The highest BCUT2D eigenvalue weighted by molar-refractivity contribution is 6.34. The maximum Gasteiger partial charge on any atom is 0.328 e. The smallest absolute Gasteiger partial charge is 0.328 e. The lowest BCUT2D eigenvalue weighted by molar-refractivity contribution is -0.131. The molecule has 1 aromatic carbocycles. The molecule has 0 unspecified atom stereocenters. The van der Waals surface area contributed by atoms with Crippen LogP contribution in [0.5, 0.6) is 0 Å². The normalized spacial score (nSPS) is 16.9. The zero-order valence-corrected chi connectivity index (χ0v) is 17.4. The number of piperidine rings is 1. The van der Waals surface area contributed by atoms with Crippen molar-refractivity contribution in [3.63, 3.8) is 0 Å². The summed E-state index contributed by atoms with van der Waals surface area (Å²) in [6.45, 7) is 6.59. The van der Waals surface area contributed by atoms with E-state index in [0.29, 0.717) is 16.0 Å². The van der Waals surface area contributed by atoms with Crippen LogP contribution in [0.1, 0.15) is 37.2 Å². The zero-order valence-electron chi connectivity index (χ0n) is 15.9. The van der Waals surface area contributed by atoms with Crippen molar-refractivity contribution < 1.29 is 9.90 Å². The van der Waals surface area contributed by atoms with E-state index >= 15 is 0 Å². The number of benzene rings is 1. The quantitative estimate of drug-likeness (QED) is 0.315. The first-order chi connectivity index (χ1) is 13.5. The van der Waals surface area contributed by atoms with Crippen molar-refractivity contribution >= 4 is 35.4 Å². The van der Waals surface area contributed by atoms with Crippen LogP contribution in [0, 0.1) is 0 Å². The molecule has 150 valence electrons. The van der Waals surface area contributed by atoms with E-state index in [-0.39, 0.29) is 0 Å². The highest BCUT2D eigenvalue weighted by atomic mass is 35.5. The molecule has 0 aromatic heterocycles. The zero-order chi connectivity index (χ0) is 20.4. The summed E-state index contributed by atoms with van der Waals surface area (Å²) < 4.78 is 0. The fraction of sp³-hybridized carbons (Fsp3) is 0.364. The van der Waals surface area contributed by atoms with E-state index in [1.54, 1.807) is 18.4 Å². The Morgan fingerprint density at radius 2 is 1.89 bits per heavy atom. The van der Waals surface area contributed by atoms with E-state index in [1.165, 1.54) is 11.8 Å². The maximum absolute atomic E-state index is 10.8. The van der Waals surface area contributed by atoms with Gasteiger partial charge in [-0.25, -0.2) is 4.79 Å². The Bertz CT molecular complexity index is 744. The Kier molecular flexibility index (Phi) is 9.48. The molecular weight excluding hydrogens is 395 g/mol. The summed E-state index contributed by atoms with van der Waals surface area (Å²) in [5.74, 6) is -0.453. The van der Waals surface area contributed by atoms with Gasteiger partial charge in [0.25, 0.3) is 0 Å². The first-order valence-corrected chi connectivity index (χ1v) is 10.2. The topological polar surface area (TPSA) is 52.9 Å². The number of hydrogen-bond donors (Lipinski definition) is 1. The SMILES string of the molecule is C=CN=C/C=C(\C=C\C(=O)O)CCCN1CCC(c2cc(Cl)cc(Cl)c2)CC1. The van der Waals surface area contributed by atoms with Crippen LogP contribution in [0.3, 0.4) is 0 Å². The van der Waals surface area contributed by atoms with E-state index < -0.39 is 5.97 Å². The van der Waals surface area contributed by atoms with Gasteiger partial charge >= 0.3 is 5.97 Å². The molecule has 0 saturated carbocycles. The van der Waals surface area contributed by atoms with Crippen LogP contribution in [0.15, 0.2) is 59.8 Å². The summed E-state index contributed by atoms with van der Waals surface area (Å²) in [6, 6.07) is 5.81. The highest BCUT2D eigenvalue weighted by Gasteiger charge is 2.20. The van der Waals surface area contributed by atoms with Crippen molar-refractivity contribution in [1.29, 1.82) is 0 Å². The molecule has 1 aliphatic rings. The number of carboxylic acid groups (broad SMARTS) is 1. The lowest BCUT2D eigenvalue weighted by atomic mass is 9.89. The second-order valence-corrected chi connectivity index (χ2v) is 7.69. The standard InChI is InChI=1S/C22H26Cl2N2O2/c1-2-25-10-7-17(5-6-22(27)28)4-3-11-26-12-8-18(9-13-26)19-14-20(23)16-21(24)15-19/h2,5-7,10,14-16,18H,1,3-4,8-9,11-13H2,(H,27,28)/b6-5+,17-7-,25-10?. The number of aliphatic imine (C=N–C) groups is 1. The molecule has 1 aromatic rings. The number of hydrogen-bond acceptors (Lipinski definition) is 3. The second kappa shape index (κ2) is 11.8. The molecule has 1 fully saturated rings. The molecule has 0 amide bonds. The van der Waals surface area contributed by atoms with Gasteiger partial charge in [0.05, 0.1) is 0 Å². The molecule has 1 saturated heterocycles. The predicted octanol–water partition coefficient (Wildman–Crippen LogP) is 5.73.